The number of hydroxylamine groups is 1. The second-order valence-corrected chi connectivity index (χ2v) is 7.73. The Morgan fingerprint density at radius 3 is 2.62 bits per heavy atom. The molecular weight excluding hydrogens is 370 g/mol. The monoisotopic (exact) mass is 397 g/mol. The average Bonchev–Trinajstić information content (AvgIpc) is 3.11. The van der Waals surface area contributed by atoms with Gasteiger partial charge in [-0.3, -0.25) is 14.8 Å². The molecule has 0 aliphatic heterocycles. The quantitative estimate of drug-likeness (QED) is 0.338. The van der Waals surface area contributed by atoms with E-state index in [1.165, 1.54) is 6.07 Å². The van der Waals surface area contributed by atoms with Crippen molar-refractivity contribution in [2.75, 3.05) is 7.11 Å². The molecule has 0 radical (unpaired) electrons. The lowest BCUT2D eigenvalue weighted by Gasteiger charge is -2.30. The van der Waals surface area contributed by atoms with Gasteiger partial charge in [0, 0.05) is 29.7 Å². The maximum Gasteiger partial charge on any atom is 0.252 e. The number of nitrogens with two attached hydrogens (primary N) is 2. The molecule has 0 aromatic heterocycles. The Hall–Kier alpha value is -2.84. The van der Waals surface area contributed by atoms with Gasteiger partial charge in [-0.1, -0.05) is 11.8 Å². The third kappa shape index (κ3) is 5.58. The van der Waals surface area contributed by atoms with Gasteiger partial charge in [0.2, 0.25) is 5.91 Å². The molecule has 2 rings (SSSR count). The highest BCUT2D eigenvalue weighted by Crippen LogP contribution is 2.30. The first-order chi connectivity index (χ1) is 13.7. The Balaban J connectivity index is 2.39. The van der Waals surface area contributed by atoms with Crippen molar-refractivity contribution in [1.29, 1.82) is 0 Å². The number of carbonyl (C=O) groups is 2. The Kier molecular flexibility index (Phi) is 7.41. The summed E-state index contributed by atoms with van der Waals surface area (Å²) in [5, 5.41) is 9.12. The SMILES string of the molecule is CO[C@H]1CCC[C@@H]1C#CC#Cc1ccc(C(N)=O)c([C@H](C(=O)NO)C(C)(C)N)c1. The minimum Gasteiger partial charge on any atom is -0.380 e. The predicted octanol–water partition coefficient (Wildman–Crippen LogP) is 1.28. The maximum absolute atomic E-state index is 12.2. The van der Waals surface area contributed by atoms with E-state index in [0.29, 0.717) is 11.1 Å². The number of benzene rings is 1. The number of nitrogens with one attached hydrogen (secondary N) is 1. The molecule has 3 atom stereocenters. The van der Waals surface area contributed by atoms with Gasteiger partial charge in [-0.25, -0.2) is 5.48 Å². The summed E-state index contributed by atoms with van der Waals surface area (Å²) < 4.78 is 5.42. The zero-order chi connectivity index (χ0) is 21.6. The number of carbonyl (C=O) groups excluding carboxylic acids is 2. The van der Waals surface area contributed by atoms with Crippen LogP contribution in [0.4, 0.5) is 0 Å². The highest BCUT2D eigenvalue weighted by molar-refractivity contribution is 5.97. The van der Waals surface area contributed by atoms with Crippen LogP contribution in [0.3, 0.4) is 0 Å². The van der Waals surface area contributed by atoms with Crippen molar-refractivity contribution in [2.45, 2.75) is 50.7 Å². The zero-order valence-corrected chi connectivity index (χ0v) is 16.9. The van der Waals surface area contributed by atoms with Crippen LogP contribution in [0.5, 0.6) is 0 Å². The first-order valence-electron chi connectivity index (χ1n) is 9.40. The van der Waals surface area contributed by atoms with Crippen molar-refractivity contribution >= 4 is 11.8 Å². The second-order valence-electron chi connectivity index (χ2n) is 7.73. The Morgan fingerprint density at radius 2 is 2.03 bits per heavy atom. The van der Waals surface area contributed by atoms with Crippen LogP contribution in [0.15, 0.2) is 18.2 Å². The van der Waals surface area contributed by atoms with Crippen LogP contribution in [0.1, 0.15) is 60.5 Å². The Labute approximate surface area is 171 Å². The van der Waals surface area contributed by atoms with Gasteiger partial charge in [-0.05, 0) is 68.7 Å². The van der Waals surface area contributed by atoms with Crippen LogP contribution < -0.4 is 16.9 Å². The highest BCUT2D eigenvalue weighted by Gasteiger charge is 2.36. The molecule has 0 unspecified atom stereocenters. The number of amides is 2. The fourth-order valence-corrected chi connectivity index (χ4v) is 3.65. The smallest absolute Gasteiger partial charge is 0.252 e. The summed E-state index contributed by atoms with van der Waals surface area (Å²) in [5.41, 5.74) is 13.1. The minimum absolute atomic E-state index is 0.141. The van der Waals surface area contributed by atoms with E-state index in [9.17, 15) is 9.59 Å². The summed E-state index contributed by atoms with van der Waals surface area (Å²) in [6.45, 7) is 3.24. The molecule has 154 valence electrons. The molecule has 1 aromatic carbocycles. The average molecular weight is 397 g/mol. The summed E-state index contributed by atoms with van der Waals surface area (Å²) in [6.07, 6.45) is 3.24. The molecule has 1 fully saturated rings. The number of hydrogen-bond donors (Lipinski definition) is 4. The summed E-state index contributed by atoms with van der Waals surface area (Å²) in [7, 11) is 1.69. The molecule has 0 saturated heterocycles. The zero-order valence-electron chi connectivity index (χ0n) is 16.9. The van der Waals surface area contributed by atoms with Crippen molar-refractivity contribution in [2.24, 2.45) is 17.4 Å². The molecule has 0 heterocycles. The van der Waals surface area contributed by atoms with Gasteiger partial charge in [0.15, 0.2) is 0 Å². The molecule has 1 aromatic rings. The molecule has 0 spiro atoms. The highest BCUT2D eigenvalue weighted by atomic mass is 16.5. The first kappa shape index (κ1) is 22.4. The summed E-state index contributed by atoms with van der Waals surface area (Å²) in [6, 6.07) is 4.70. The number of ether oxygens (including phenoxy) is 1. The second kappa shape index (κ2) is 9.58. The largest absolute Gasteiger partial charge is 0.380 e. The van der Waals surface area contributed by atoms with E-state index in [4.69, 9.17) is 21.4 Å². The van der Waals surface area contributed by atoms with Crippen LogP contribution in [0.25, 0.3) is 0 Å². The number of methoxy groups -OCH3 is 1. The van der Waals surface area contributed by atoms with Crippen LogP contribution in [0, 0.1) is 29.6 Å². The van der Waals surface area contributed by atoms with Gasteiger partial charge in [0.25, 0.3) is 5.91 Å². The third-order valence-corrected chi connectivity index (χ3v) is 5.03. The Bertz CT molecular complexity index is 897. The van der Waals surface area contributed by atoms with Crippen LogP contribution in [0.2, 0.25) is 0 Å². The van der Waals surface area contributed by atoms with Gasteiger partial charge in [-0.15, -0.1) is 0 Å². The fraction of sp³-hybridized carbons (Fsp3) is 0.455. The van der Waals surface area contributed by atoms with Crippen molar-refractivity contribution < 1.29 is 19.5 Å². The van der Waals surface area contributed by atoms with Gasteiger partial charge in [0.05, 0.1) is 12.0 Å². The van der Waals surface area contributed by atoms with E-state index < -0.39 is 23.3 Å². The van der Waals surface area contributed by atoms with Crippen molar-refractivity contribution in [3.63, 3.8) is 0 Å². The topological polar surface area (TPSA) is 128 Å². The molecule has 1 aliphatic carbocycles. The van der Waals surface area contributed by atoms with E-state index in [1.54, 1.807) is 38.6 Å². The molecule has 7 nitrogen and oxygen atoms in total. The normalized spacial score (nSPS) is 19.3. The molecule has 6 N–H and O–H groups in total. The first-order valence-corrected chi connectivity index (χ1v) is 9.40. The van der Waals surface area contributed by atoms with Gasteiger partial charge in [-0.2, -0.15) is 0 Å². The van der Waals surface area contributed by atoms with E-state index in [-0.39, 0.29) is 17.6 Å². The van der Waals surface area contributed by atoms with Crippen LogP contribution in [-0.4, -0.2) is 35.8 Å². The van der Waals surface area contributed by atoms with E-state index in [1.807, 2.05) is 0 Å². The lowest BCUT2D eigenvalue weighted by atomic mass is 9.79. The van der Waals surface area contributed by atoms with Crippen molar-refractivity contribution in [3.8, 4) is 23.7 Å². The van der Waals surface area contributed by atoms with E-state index >= 15 is 0 Å². The number of hydrogen-bond acceptors (Lipinski definition) is 5. The summed E-state index contributed by atoms with van der Waals surface area (Å²) in [4.78, 5) is 24.1. The maximum atomic E-state index is 12.2. The number of primary amides is 1. The molecule has 2 amide bonds. The van der Waals surface area contributed by atoms with Crippen molar-refractivity contribution in [3.05, 3.63) is 34.9 Å². The molecule has 0 bridgehead atoms. The van der Waals surface area contributed by atoms with Gasteiger partial charge in [0.1, 0.15) is 0 Å². The standard InChI is InChI=1S/C22H27N3O4/c1-22(2,24)19(21(27)25-28)17-13-14(11-12-16(17)20(23)26)7-4-5-8-15-9-6-10-18(15)29-3/h11-13,15,18-19,28H,6,9-10,24H2,1-3H3,(H2,23,26)(H,25,27)/t15-,18-,19+/m0/s1. The molecule has 7 heteroatoms. The lowest BCUT2D eigenvalue weighted by Crippen LogP contribution is -2.47. The van der Waals surface area contributed by atoms with E-state index in [0.717, 1.165) is 19.3 Å². The third-order valence-electron chi connectivity index (χ3n) is 5.03. The minimum atomic E-state index is -1.07. The molecule has 1 saturated carbocycles. The predicted molar refractivity (Wildman–Crippen MR) is 109 cm³/mol. The molecule has 1 aliphatic rings. The van der Waals surface area contributed by atoms with Crippen molar-refractivity contribution in [1.82, 2.24) is 5.48 Å². The lowest BCUT2D eigenvalue weighted by molar-refractivity contribution is -0.132. The summed E-state index contributed by atoms with van der Waals surface area (Å²) in [5.74, 6) is 9.45. The van der Waals surface area contributed by atoms with E-state index in [2.05, 4.69) is 23.7 Å². The molecular formula is C22H27N3O4. The van der Waals surface area contributed by atoms with Crippen LogP contribution in [-0.2, 0) is 9.53 Å². The molecule has 29 heavy (non-hydrogen) atoms. The van der Waals surface area contributed by atoms with Gasteiger partial charge >= 0.3 is 0 Å². The Morgan fingerprint density at radius 1 is 1.31 bits per heavy atom. The summed E-state index contributed by atoms with van der Waals surface area (Å²) >= 11 is 0. The number of rotatable bonds is 5. The van der Waals surface area contributed by atoms with Crippen LogP contribution >= 0.6 is 0 Å². The fourth-order valence-electron chi connectivity index (χ4n) is 3.65. The van der Waals surface area contributed by atoms with Gasteiger partial charge < -0.3 is 16.2 Å².